The summed E-state index contributed by atoms with van der Waals surface area (Å²) < 4.78 is 0. The van der Waals surface area contributed by atoms with Gasteiger partial charge in [-0.1, -0.05) is 42.8 Å². The number of halogens is 1. The van der Waals surface area contributed by atoms with Gasteiger partial charge in [-0.2, -0.15) is 5.10 Å². The third kappa shape index (κ3) is 5.69. The molecule has 1 atom stereocenters. The van der Waals surface area contributed by atoms with Gasteiger partial charge in [0.05, 0.1) is 5.71 Å². The zero-order chi connectivity index (χ0) is 20.3. The predicted molar refractivity (Wildman–Crippen MR) is 116 cm³/mol. The number of amides is 2. The lowest BCUT2D eigenvalue weighted by molar-refractivity contribution is -0.122. The van der Waals surface area contributed by atoms with Crippen molar-refractivity contribution in [2.75, 3.05) is 5.32 Å². The summed E-state index contributed by atoms with van der Waals surface area (Å²) in [6.45, 7) is 6.49. The highest BCUT2D eigenvalue weighted by molar-refractivity contribution is 8.15. The normalized spacial score (nSPS) is 24.2. The van der Waals surface area contributed by atoms with E-state index in [-0.39, 0.29) is 23.7 Å². The second kappa shape index (κ2) is 8.49. The van der Waals surface area contributed by atoms with Crippen LogP contribution in [0.2, 0.25) is 5.02 Å². The van der Waals surface area contributed by atoms with Crippen molar-refractivity contribution in [2.45, 2.75) is 45.3 Å². The van der Waals surface area contributed by atoms with Crippen LogP contribution >= 0.6 is 23.4 Å². The van der Waals surface area contributed by atoms with Crippen molar-refractivity contribution in [1.29, 1.82) is 0 Å². The second-order valence-electron chi connectivity index (χ2n) is 7.86. The number of hydrogen-bond donors (Lipinski definition) is 2. The lowest BCUT2D eigenvalue weighted by Gasteiger charge is -2.28. The minimum absolute atomic E-state index is 0.0563. The van der Waals surface area contributed by atoms with Gasteiger partial charge >= 0.3 is 0 Å². The first-order valence-corrected chi connectivity index (χ1v) is 10.3. The maximum absolute atomic E-state index is 12.2. The molecule has 1 heterocycles. The van der Waals surface area contributed by atoms with Crippen LogP contribution in [0.4, 0.5) is 5.69 Å². The highest BCUT2D eigenvalue weighted by Crippen LogP contribution is 2.34. The number of nitrogens with one attached hydrogen (secondary N) is 2. The first-order valence-electron chi connectivity index (χ1n) is 9.05. The summed E-state index contributed by atoms with van der Waals surface area (Å²) in [7, 11) is 0. The summed E-state index contributed by atoms with van der Waals surface area (Å²) in [5.74, 6) is -0.471. The largest absolute Gasteiger partial charge is 0.326 e. The average Bonchev–Trinajstić information content (AvgIpc) is 2.93. The summed E-state index contributed by atoms with van der Waals surface area (Å²) in [6.07, 6.45) is 3.99. The molecule has 1 aliphatic heterocycles. The van der Waals surface area contributed by atoms with Gasteiger partial charge in [0.25, 0.3) is 0 Å². The molecule has 1 saturated heterocycles. The zero-order valence-corrected chi connectivity index (χ0v) is 17.7. The molecular formula is C20H23ClN4O2S. The van der Waals surface area contributed by atoms with Gasteiger partial charge in [0.1, 0.15) is 5.25 Å². The number of anilines is 1. The smallest absolute Gasteiger partial charge is 0.240 e. The third-order valence-electron chi connectivity index (χ3n) is 4.37. The lowest BCUT2D eigenvalue weighted by Crippen LogP contribution is -2.28. The molecule has 2 amide bonds. The topological polar surface area (TPSA) is 82.9 Å². The van der Waals surface area contributed by atoms with Crippen molar-refractivity contribution in [2.24, 2.45) is 15.6 Å². The molecule has 0 aromatic heterocycles. The van der Waals surface area contributed by atoms with Crippen LogP contribution in [0, 0.1) is 5.41 Å². The fourth-order valence-corrected chi connectivity index (χ4v) is 4.41. The van der Waals surface area contributed by atoms with Gasteiger partial charge in [0.15, 0.2) is 5.17 Å². The number of nitrogens with zero attached hydrogens (tertiary/aromatic N) is 2. The number of amidine groups is 1. The molecule has 0 spiro atoms. The van der Waals surface area contributed by atoms with Crippen molar-refractivity contribution in [3.63, 3.8) is 0 Å². The number of carbonyl (C=O) groups is 2. The fraction of sp³-hybridized carbons (Fsp3) is 0.400. The molecule has 1 aliphatic carbocycles. The van der Waals surface area contributed by atoms with Crippen LogP contribution in [0.3, 0.4) is 0 Å². The van der Waals surface area contributed by atoms with Crippen molar-refractivity contribution < 1.29 is 9.59 Å². The Kier molecular flexibility index (Phi) is 6.25. The molecule has 1 fully saturated rings. The molecule has 1 aromatic carbocycles. The van der Waals surface area contributed by atoms with Gasteiger partial charge in [-0.15, -0.1) is 5.10 Å². The summed E-state index contributed by atoms with van der Waals surface area (Å²) in [5, 5.41) is 14.5. The molecule has 3 rings (SSSR count). The average molecular weight is 419 g/mol. The van der Waals surface area contributed by atoms with Crippen molar-refractivity contribution >= 4 is 51.7 Å². The van der Waals surface area contributed by atoms with Crippen LogP contribution in [0.15, 0.2) is 46.1 Å². The molecule has 0 unspecified atom stereocenters. The third-order valence-corrected chi connectivity index (χ3v) is 5.70. The Morgan fingerprint density at radius 3 is 2.68 bits per heavy atom. The molecule has 1 aromatic rings. The van der Waals surface area contributed by atoms with Crippen molar-refractivity contribution in [3.05, 3.63) is 40.9 Å². The van der Waals surface area contributed by atoms with Gasteiger partial charge in [0, 0.05) is 17.1 Å². The van der Waals surface area contributed by atoms with E-state index in [0.717, 1.165) is 18.6 Å². The zero-order valence-electron chi connectivity index (χ0n) is 16.1. The number of hydrogen-bond acceptors (Lipinski definition) is 5. The number of carbonyl (C=O) groups excluding carboxylic acids is 2. The lowest BCUT2D eigenvalue weighted by atomic mass is 9.77. The maximum Gasteiger partial charge on any atom is 0.240 e. The van der Waals surface area contributed by atoms with E-state index in [4.69, 9.17) is 11.6 Å². The van der Waals surface area contributed by atoms with E-state index < -0.39 is 5.25 Å². The fourth-order valence-electron chi connectivity index (χ4n) is 3.37. The van der Waals surface area contributed by atoms with E-state index >= 15 is 0 Å². The Morgan fingerprint density at radius 1 is 1.29 bits per heavy atom. The molecule has 0 radical (unpaired) electrons. The van der Waals surface area contributed by atoms with Crippen molar-refractivity contribution in [1.82, 2.24) is 5.32 Å². The minimum Gasteiger partial charge on any atom is -0.326 e. The summed E-state index contributed by atoms with van der Waals surface area (Å²) in [6, 6.07) is 6.82. The van der Waals surface area contributed by atoms with Gasteiger partial charge in [-0.3, -0.25) is 9.59 Å². The Balaban J connectivity index is 1.59. The molecule has 2 N–H and O–H groups in total. The Bertz CT molecular complexity index is 875. The monoisotopic (exact) mass is 418 g/mol. The number of allylic oxidation sites excluding steroid dienone is 2. The molecule has 0 saturated carbocycles. The SMILES string of the molecule is CC1=C/C(=N/N=C2\NC(=O)[C@H](CC(=O)Nc3ccc(Cl)cc3)S2)CC(C)(C)C1. The molecule has 28 heavy (non-hydrogen) atoms. The Hall–Kier alpha value is -2.12. The Morgan fingerprint density at radius 2 is 2.00 bits per heavy atom. The van der Waals surface area contributed by atoms with Gasteiger partial charge in [0.2, 0.25) is 11.8 Å². The van der Waals surface area contributed by atoms with Crippen LogP contribution in [-0.2, 0) is 9.59 Å². The predicted octanol–water partition coefficient (Wildman–Crippen LogP) is 4.38. The molecule has 148 valence electrons. The molecule has 8 heteroatoms. The first-order chi connectivity index (χ1) is 13.2. The van der Waals surface area contributed by atoms with Crippen LogP contribution < -0.4 is 10.6 Å². The van der Waals surface area contributed by atoms with Gasteiger partial charge < -0.3 is 10.6 Å². The summed E-state index contributed by atoms with van der Waals surface area (Å²) in [5.41, 5.74) is 2.97. The number of rotatable bonds is 4. The van der Waals surface area contributed by atoms with E-state index in [9.17, 15) is 9.59 Å². The molecule has 6 nitrogen and oxygen atoms in total. The van der Waals surface area contributed by atoms with Crippen LogP contribution in [0.1, 0.15) is 40.0 Å². The molecule has 0 bridgehead atoms. The minimum atomic E-state index is -0.522. The van der Waals surface area contributed by atoms with Gasteiger partial charge in [-0.05, 0) is 55.5 Å². The highest BCUT2D eigenvalue weighted by atomic mass is 35.5. The quantitative estimate of drug-likeness (QED) is 0.712. The van der Waals surface area contributed by atoms with Crippen LogP contribution in [0.25, 0.3) is 0 Å². The van der Waals surface area contributed by atoms with E-state index in [2.05, 4.69) is 41.6 Å². The second-order valence-corrected chi connectivity index (χ2v) is 9.49. The van der Waals surface area contributed by atoms with E-state index in [1.807, 2.05) is 6.08 Å². The van der Waals surface area contributed by atoms with Crippen molar-refractivity contribution in [3.8, 4) is 0 Å². The summed E-state index contributed by atoms with van der Waals surface area (Å²) in [4.78, 5) is 24.4. The molecular weight excluding hydrogens is 396 g/mol. The maximum atomic E-state index is 12.2. The number of thioether (sulfide) groups is 1. The van der Waals surface area contributed by atoms with Gasteiger partial charge in [-0.25, -0.2) is 0 Å². The standard InChI is InChI=1S/C20H23ClN4O2S/c1-12-8-15(11-20(2,3)10-12)24-25-19-23-18(27)16(28-19)9-17(26)22-14-6-4-13(21)5-7-14/h4-8,16H,9-11H2,1-3H3,(H,22,26)(H,23,25,27)/b24-15-/t16-/m0/s1. The molecule has 2 aliphatic rings. The van der Waals surface area contributed by atoms with Crippen LogP contribution in [0.5, 0.6) is 0 Å². The number of benzene rings is 1. The highest BCUT2D eigenvalue weighted by Gasteiger charge is 2.32. The van der Waals surface area contributed by atoms with E-state index in [1.54, 1.807) is 24.3 Å². The van der Waals surface area contributed by atoms with E-state index in [1.165, 1.54) is 17.3 Å². The Labute approximate surface area is 173 Å². The first kappa shape index (κ1) is 20.6. The van der Waals surface area contributed by atoms with E-state index in [0.29, 0.717) is 15.9 Å². The van der Waals surface area contributed by atoms with Crippen LogP contribution in [-0.4, -0.2) is 27.9 Å². The summed E-state index contributed by atoms with van der Waals surface area (Å²) >= 11 is 7.06.